The summed E-state index contributed by atoms with van der Waals surface area (Å²) < 4.78 is 3.78. The molecule has 4 rings (SSSR count). The first kappa shape index (κ1) is 18.1. The molecule has 1 fully saturated rings. The summed E-state index contributed by atoms with van der Waals surface area (Å²) in [7, 11) is 1.90. The van der Waals surface area contributed by atoms with Crippen LogP contribution >= 0.6 is 0 Å². The Bertz CT molecular complexity index is 912. The summed E-state index contributed by atoms with van der Waals surface area (Å²) in [5, 5.41) is 10.6. The topological polar surface area (TPSA) is 84.7 Å². The molecule has 0 radical (unpaired) electrons. The number of nitrogens with one attached hydrogen (secondary N) is 2. The fourth-order valence-corrected chi connectivity index (χ4v) is 4.89. The minimum Gasteiger partial charge on any atom is -0.311 e. The lowest BCUT2D eigenvalue weighted by molar-refractivity contribution is -0.116. The van der Waals surface area contributed by atoms with E-state index >= 15 is 0 Å². The second-order valence-electron chi connectivity index (χ2n) is 8.09. The number of H-pyrrole nitrogens is 1. The third-order valence-electron chi connectivity index (χ3n) is 6.31. The van der Waals surface area contributed by atoms with Gasteiger partial charge in [-0.1, -0.05) is 32.1 Å². The molecule has 2 aromatic rings. The highest BCUT2D eigenvalue weighted by Crippen LogP contribution is 2.39. The number of rotatable bonds is 2. The Kier molecular flexibility index (Phi) is 4.70. The Morgan fingerprint density at radius 1 is 1.00 bits per heavy atom. The lowest BCUT2D eigenvalue weighted by atomic mass is 9.85. The molecule has 3 heterocycles. The first-order valence-electron chi connectivity index (χ1n) is 10.1. The maximum absolute atomic E-state index is 12.9. The number of fused-ring (bicyclic) bond motifs is 1. The van der Waals surface area contributed by atoms with Crippen LogP contribution in [0.4, 0.5) is 5.82 Å². The monoisotopic (exact) mass is 371 g/mol. The van der Waals surface area contributed by atoms with Crippen LogP contribution in [0.3, 0.4) is 0 Å². The smallest absolute Gasteiger partial charge is 0.270 e. The molecule has 2 aliphatic rings. The number of aromatic amines is 1. The number of carbonyl (C=O) groups is 1. The Balaban J connectivity index is 1.80. The van der Waals surface area contributed by atoms with Crippen LogP contribution in [0.25, 0.3) is 0 Å². The summed E-state index contributed by atoms with van der Waals surface area (Å²) >= 11 is 0. The third kappa shape index (κ3) is 3.13. The SMILES string of the molecule is Cc1nn(C)c(C)c1C1CC(=O)Nc2c1c(=O)[nH]n2C1CCCCCCC1. The molecule has 0 bridgehead atoms. The predicted molar refractivity (Wildman–Crippen MR) is 104 cm³/mol. The quantitative estimate of drug-likeness (QED) is 0.849. The highest BCUT2D eigenvalue weighted by molar-refractivity contribution is 5.94. The van der Waals surface area contributed by atoms with Crippen molar-refractivity contribution in [3.8, 4) is 0 Å². The Morgan fingerprint density at radius 2 is 1.67 bits per heavy atom. The molecule has 1 aliphatic carbocycles. The lowest BCUT2D eigenvalue weighted by Crippen LogP contribution is -2.28. The van der Waals surface area contributed by atoms with E-state index in [0.717, 1.165) is 42.6 Å². The van der Waals surface area contributed by atoms with Crippen molar-refractivity contribution >= 4 is 11.7 Å². The maximum atomic E-state index is 12.9. The highest BCUT2D eigenvalue weighted by Gasteiger charge is 2.36. The van der Waals surface area contributed by atoms with Crippen molar-refractivity contribution in [2.24, 2.45) is 7.05 Å². The number of hydrogen-bond acceptors (Lipinski definition) is 3. The number of hydrogen-bond donors (Lipinski definition) is 2. The van der Waals surface area contributed by atoms with Gasteiger partial charge in [0.2, 0.25) is 5.91 Å². The van der Waals surface area contributed by atoms with Crippen LogP contribution in [0, 0.1) is 13.8 Å². The van der Waals surface area contributed by atoms with Gasteiger partial charge in [0.05, 0.1) is 17.3 Å². The summed E-state index contributed by atoms with van der Waals surface area (Å²) in [6, 6.07) is 0.247. The van der Waals surface area contributed by atoms with E-state index < -0.39 is 0 Å². The largest absolute Gasteiger partial charge is 0.311 e. The fraction of sp³-hybridized carbons (Fsp3) is 0.650. The van der Waals surface area contributed by atoms with E-state index in [2.05, 4.69) is 15.5 Å². The molecule has 0 spiro atoms. The summed E-state index contributed by atoms with van der Waals surface area (Å²) in [5.41, 5.74) is 3.51. The van der Waals surface area contributed by atoms with E-state index in [1.54, 1.807) is 0 Å². The van der Waals surface area contributed by atoms with Gasteiger partial charge in [0.25, 0.3) is 5.56 Å². The zero-order valence-electron chi connectivity index (χ0n) is 16.5. The van der Waals surface area contributed by atoms with Crippen LogP contribution in [0.5, 0.6) is 0 Å². The predicted octanol–water partition coefficient (Wildman–Crippen LogP) is 3.29. The van der Waals surface area contributed by atoms with Gasteiger partial charge in [0.15, 0.2) is 0 Å². The highest BCUT2D eigenvalue weighted by atomic mass is 16.2. The zero-order valence-corrected chi connectivity index (χ0v) is 16.5. The Hall–Kier alpha value is -2.31. The molecule has 1 atom stereocenters. The molecule has 2 aromatic heterocycles. The number of aromatic nitrogens is 4. The van der Waals surface area contributed by atoms with Crippen molar-refractivity contribution in [2.45, 2.75) is 77.2 Å². The molecular weight excluding hydrogens is 342 g/mol. The van der Waals surface area contributed by atoms with Crippen molar-refractivity contribution in [2.75, 3.05) is 5.32 Å². The minimum atomic E-state index is -0.235. The summed E-state index contributed by atoms with van der Waals surface area (Å²) in [6.45, 7) is 3.95. The van der Waals surface area contributed by atoms with Gasteiger partial charge in [0, 0.05) is 30.6 Å². The van der Waals surface area contributed by atoms with Gasteiger partial charge in [-0.25, -0.2) is 0 Å². The van der Waals surface area contributed by atoms with Crippen LogP contribution in [-0.4, -0.2) is 25.5 Å². The van der Waals surface area contributed by atoms with Crippen LogP contribution in [0.2, 0.25) is 0 Å². The molecule has 146 valence electrons. The summed E-state index contributed by atoms with van der Waals surface area (Å²) in [5.74, 6) is 0.407. The number of anilines is 1. The van der Waals surface area contributed by atoms with Gasteiger partial charge in [-0.3, -0.25) is 24.1 Å². The molecule has 1 saturated carbocycles. The van der Waals surface area contributed by atoms with E-state index in [-0.39, 0.29) is 29.8 Å². The summed E-state index contributed by atoms with van der Waals surface area (Å²) in [6.07, 6.45) is 8.49. The van der Waals surface area contributed by atoms with E-state index in [1.165, 1.54) is 19.3 Å². The van der Waals surface area contributed by atoms with Gasteiger partial charge in [-0.15, -0.1) is 0 Å². The molecule has 7 heteroatoms. The van der Waals surface area contributed by atoms with Gasteiger partial charge in [-0.2, -0.15) is 5.10 Å². The van der Waals surface area contributed by atoms with E-state index in [1.807, 2.05) is 30.3 Å². The van der Waals surface area contributed by atoms with Crippen LogP contribution in [0.15, 0.2) is 4.79 Å². The fourth-order valence-electron chi connectivity index (χ4n) is 4.89. The van der Waals surface area contributed by atoms with Crippen molar-refractivity contribution in [3.05, 3.63) is 32.9 Å². The average Bonchev–Trinajstić information content (AvgIpc) is 3.03. The van der Waals surface area contributed by atoms with Crippen molar-refractivity contribution < 1.29 is 4.79 Å². The Labute approximate surface area is 159 Å². The van der Waals surface area contributed by atoms with E-state index in [0.29, 0.717) is 11.4 Å². The second-order valence-corrected chi connectivity index (χ2v) is 8.09. The molecule has 1 unspecified atom stereocenters. The van der Waals surface area contributed by atoms with Crippen molar-refractivity contribution in [3.63, 3.8) is 0 Å². The number of nitrogens with zero attached hydrogens (tertiary/aromatic N) is 3. The van der Waals surface area contributed by atoms with Crippen LogP contribution in [-0.2, 0) is 11.8 Å². The first-order chi connectivity index (χ1) is 13.0. The van der Waals surface area contributed by atoms with Gasteiger partial charge in [0.1, 0.15) is 5.82 Å². The minimum absolute atomic E-state index is 0.0336. The number of carbonyl (C=O) groups excluding carboxylic acids is 1. The molecule has 27 heavy (non-hydrogen) atoms. The van der Waals surface area contributed by atoms with Crippen molar-refractivity contribution in [1.29, 1.82) is 0 Å². The number of amides is 1. The molecule has 0 aromatic carbocycles. The molecule has 7 nitrogen and oxygen atoms in total. The average molecular weight is 371 g/mol. The Morgan fingerprint density at radius 3 is 2.30 bits per heavy atom. The standard InChI is InChI=1S/C20H29N5O2/c1-12-17(13(2)24(3)22-12)15-11-16(26)21-19-18(15)20(27)23-25(19)14-9-7-5-4-6-8-10-14/h14-15H,4-11H2,1-3H3,(H,21,26)(H,23,27). The first-order valence-corrected chi connectivity index (χ1v) is 10.1. The molecule has 2 N–H and O–H groups in total. The van der Waals surface area contributed by atoms with Crippen molar-refractivity contribution in [1.82, 2.24) is 19.6 Å². The summed E-state index contributed by atoms with van der Waals surface area (Å²) in [4.78, 5) is 25.5. The van der Waals surface area contributed by atoms with E-state index in [4.69, 9.17) is 0 Å². The third-order valence-corrected chi connectivity index (χ3v) is 6.31. The molecule has 1 aliphatic heterocycles. The van der Waals surface area contributed by atoms with Crippen LogP contribution < -0.4 is 10.9 Å². The van der Waals surface area contributed by atoms with Gasteiger partial charge < -0.3 is 5.32 Å². The van der Waals surface area contributed by atoms with Crippen LogP contribution in [0.1, 0.15) is 85.8 Å². The molecule has 0 saturated heterocycles. The maximum Gasteiger partial charge on any atom is 0.270 e. The zero-order chi connectivity index (χ0) is 19.1. The van der Waals surface area contributed by atoms with Gasteiger partial charge in [-0.05, 0) is 26.7 Å². The number of aryl methyl sites for hydroxylation is 2. The van der Waals surface area contributed by atoms with Gasteiger partial charge >= 0.3 is 0 Å². The lowest BCUT2D eigenvalue weighted by Gasteiger charge is -2.27. The molecule has 1 amide bonds. The van der Waals surface area contributed by atoms with E-state index in [9.17, 15) is 9.59 Å². The second kappa shape index (κ2) is 7.02. The normalized spacial score (nSPS) is 21.4. The molecular formula is C20H29N5O2.